The molecule has 3 aromatic rings. The summed E-state index contributed by atoms with van der Waals surface area (Å²) >= 11 is 5.30. The lowest BCUT2D eigenvalue weighted by Gasteiger charge is -2.13. The number of amides is 1. The van der Waals surface area contributed by atoms with E-state index < -0.39 is 0 Å². The molecule has 0 aromatic heterocycles. The molecule has 2 N–H and O–H groups in total. The van der Waals surface area contributed by atoms with Crippen LogP contribution in [0.3, 0.4) is 0 Å². The van der Waals surface area contributed by atoms with Gasteiger partial charge in [-0.05, 0) is 61.1 Å². The molecule has 0 saturated heterocycles. The van der Waals surface area contributed by atoms with Crippen LogP contribution in [0.1, 0.15) is 22.8 Å². The Kier molecular flexibility index (Phi) is 9.69. The molecule has 0 aliphatic heterocycles. The van der Waals surface area contributed by atoms with Crippen LogP contribution < -0.4 is 20.1 Å². The second-order valence-electron chi connectivity index (χ2n) is 7.06. The molecule has 172 valence electrons. The van der Waals surface area contributed by atoms with Crippen molar-refractivity contribution in [3.63, 3.8) is 0 Å². The number of anilines is 1. The molecule has 7 heteroatoms. The fourth-order valence-electron chi connectivity index (χ4n) is 3.03. The number of ether oxygens (including phenoxy) is 3. The summed E-state index contributed by atoms with van der Waals surface area (Å²) in [6, 6.07) is 24.6. The van der Waals surface area contributed by atoms with Crippen molar-refractivity contribution < 1.29 is 19.0 Å². The van der Waals surface area contributed by atoms with Crippen molar-refractivity contribution in [3.8, 4) is 11.5 Å². The fraction of sp³-hybridized carbons (Fsp3) is 0.231. The van der Waals surface area contributed by atoms with Gasteiger partial charge in [-0.1, -0.05) is 42.5 Å². The van der Waals surface area contributed by atoms with Crippen LogP contribution in [0.5, 0.6) is 11.5 Å². The minimum atomic E-state index is -0.347. The standard InChI is InChI=1S/C26H28N2O4S/c1-2-30-18-19-32-24-11-7-6-10-23(24)25(29)28-26(33)27-21-12-14-22(15-13-21)31-17-16-20-8-4-3-5-9-20/h3-15H,2,16-19H2,1H3,(H2,27,28,29,33). The summed E-state index contributed by atoms with van der Waals surface area (Å²) < 4.78 is 16.7. The maximum absolute atomic E-state index is 12.7. The van der Waals surface area contributed by atoms with Gasteiger partial charge in [0.15, 0.2) is 5.11 Å². The van der Waals surface area contributed by atoms with Gasteiger partial charge in [0.2, 0.25) is 0 Å². The molecule has 0 atom stereocenters. The molecule has 3 rings (SSSR count). The van der Waals surface area contributed by atoms with Gasteiger partial charge < -0.3 is 19.5 Å². The van der Waals surface area contributed by atoms with E-state index in [0.29, 0.717) is 37.7 Å². The molecule has 0 aliphatic rings. The van der Waals surface area contributed by atoms with Gasteiger partial charge in [-0.2, -0.15) is 0 Å². The molecule has 1 amide bonds. The lowest BCUT2D eigenvalue weighted by molar-refractivity contribution is 0.0958. The zero-order valence-electron chi connectivity index (χ0n) is 18.6. The van der Waals surface area contributed by atoms with Crippen molar-refractivity contribution in [1.82, 2.24) is 5.32 Å². The molecular weight excluding hydrogens is 436 g/mol. The molecule has 0 heterocycles. The fourth-order valence-corrected chi connectivity index (χ4v) is 3.24. The third-order valence-electron chi connectivity index (χ3n) is 4.66. The summed E-state index contributed by atoms with van der Waals surface area (Å²) in [5.74, 6) is 0.902. The highest BCUT2D eigenvalue weighted by Gasteiger charge is 2.13. The van der Waals surface area contributed by atoms with E-state index in [0.717, 1.165) is 17.9 Å². The quantitative estimate of drug-likeness (QED) is 0.312. The third kappa shape index (κ3) is 8.21. The van der Waals surface area contributed by atoms with Crippen molar-refractivity contribution in [1.29, 1.82) is 0 Å². The van der Waals surface area contributed by atoms with Gasteiger partial charge in [0, 0.05) is 18.7 Å². The first-order valence-electron chi connectivity index (χ1n) is 10.8. The van der Waals surface area contributed by atoms with E-state index in [1.54, 1.807) is 18.2 Å². The Labute approximate surface area is 199 Å². The smallest absolute Gasteiger partial charge is 0.261 e. The normalized spacial score (nSPS) is 10.3. The Morgan fingerprint density at radius 1 is 0.848 bits per heavy atom. The van der Waals surface area contributed by atoms with Gasteiger partial charge in [-0.25, -0.2) is 0 Å². The van der Waals surface area contributed by atoms with E-state index in [-0.39, 0.29) is 11.0 Å². The third-order valence-corrected chi connectivity index (χ3v) is 4.87. The summed E-state index contributed by atoms with van der Waals surface area (Å²) in [5, 5.41) is 5.90. The minimum absolute atomic E-state index is 0.196. The molecule has 33 heavy (non-hydrogen) atoms. The molecule has 0 fully saturated rings. The predicted octanol–water partition coefficient (Wildman–Crippen LogP) is 4.85. The first kappa shape index (κ1) is 24.2. The van der Waals surface area contributed by atoms with Crippen molar-refractivity contribution in [2.75, 3.05) is 31.7 Å². The maximum atomic E-state index is 12.7. The SMILES string of the molecule is CCOCCOc1ccccc1C(=O)NC(=S)Nc1ccc(OCCc2ccccc2)cc1. The predicted molar refractivity (Wildman–Crippen MR) is 134 cm³/mol. The van der Waals surface area contributed by atoms with Gasteiger partial charge >= 0.3 is 0 Å². The molecule has 0 radical (unpaired) electrons. The van der Waals surface area contributed by atoms with E-state index in [9.17, 15) is 4.79 Å². The zero-order chi connectivity index (χ0) is 23.3. The summed E-state index contributed by atoms with van der Waals surface area (Å²) in [6.45, 7) is 3.95. The second kappa shape index (κ2) is 13.2. The highest BCUT2D eigenvalue weighted by Crippen LogP contribution is 2.19. The summed E-state index contributed by atoms with van der Waals surface area (Å²) in [7, 11) is 0. The number of carbonyl (C=O) groups excluding carboxylic acids is 1. The largest absolute Gasteiger partial charge is 0.493 e. The highest BCUT2D eigenvalue weighted by atomic mass is 32.1. The summed E-state index contributed by atoms with van der Waals surface area (Å²) in [4.78, 5) is 12.7. The molecule has 0 aliphatic carbocycles. The Hall–Kier alpha value is -3.42. The van der Waals surface area contributed by atoms with E-state index in [1.165, 1.54) is 5.56 Å². The molecule has 0 bridgehead atoms. The monoisotopic (exact) mass is 464 g/mol. The van der Waals surface area contributed by atoms with E-state index in [4.69, 9.17) is 26.4 Å². The van der Waals surface area contributed by atoms with Gasteiger partial charge in [-0.15, -0.1) is 0 Å². The topological polar surface area (TPSA) is 68.8 Å². The van der Waals surface area contributed by atoms with Gasteiger partial charge in [-0.3, -0.25) is 10.1 Å². The van der Waals surface area contributed by atoms with Crippen LogP contribution in [0, 0.1) is 0 Å². The minimum Gasteiger partial charge on any atom is -0.493 e. The van der Waals surface area contributed by atoms with Crippen molar-refractivity contribution in [2.24, 2.45) is 0 Å². The van der Waals surface area contributed by atoms with E-state index in [1.807, 2.05) is 55.5 Å². The Bertz CT molecular complexity index is 1030. The molecule has 0 spiro atoms. The van der Waals surface area contributed by atoms with Crippen LogP contribution in [0.2, 0.25) is 0 Å². The molecule has 6 nitrogen and oxygen atoms in total. The molecule has 0 saturated carbocycles. The lowest BCUT2D eigenvalue weighted by atomic mass is 10.2. The summed E-state index contributed by atoms with van der Waals surface area (Å²) in [5.41, 5.74) is 2.38. The lowest BCUT2D eigenvalue weighted by Crippen LogP contribution is -2.34. The second-order valence-corrected chi connectivity index (χ2v) is 7.47. The number of rotatable bonds is 11. The van der Waals surface area contributed by atoms with Crippen LogP contribution in [-0.2, 0) is 11.2 Å². The van der Waals surface area contributed by atoms with Gasteiger partial charge in [0.1, 0.15) is 18.1 Å². The van der Waals surface area contributed by atoms with Gasteiger partial charge in [0.05, 0.1) is 18.8 Å². The van der Waals surface area contributed by atoms with E-state index in [2.05, 4.69) is 22.8 Å². The Morgan fingerprint density at radius 2 is 1.58 bits per heavy atom. The Balaban J connectivity index is 1.47. The number of benzene rings is 3. The van der Waals surface area contributed by atoms with Gasteiger partial charge in [0.25, 0.3) is 5.91 Å². The zero-order valence-corrected chi connectivity index (χ0v) is 19.4. The maximum Gasteiger partial charge on any atom is 0.261 e. The van der Waals surface area contributed by atoms with Crippen LogP contribution >= 0.6 is 12.2 Å². The first-order valence-corrected chi connectivity index (χ1v) is 11.2. The average Bonchev–Trinajstić information content (AvgIpc) is 2.84. The van der Waals surface area contributed by atoms with Crippen molar-refractivity contribution in [2.45, 2.75) is 13.3 Å². The molecular formula is C26H28N2O4S. The van der Waals surface area contributed by atoms with E-state index >= 15 is 0 Å². The van der Waals surface area contributed by atoms with Crippen molar-refractivity contribution in [3.05, 3.63) is 90.0 Å². The number of carbonyl (C=O) groups is 1. The first-order chi connectivity index (χ1) is 16.2. The Morgan fingerprint density at radius 3 is 2.33 bits per heavy atom. The average molecular weight is 465 g/mol. The van der Waals surface area contributed by atoms with Crippen LogP contribution in [-0.4, -0.2) is 37.4 Å². The molecule has 0 unspecified atom stereocenters. The van der Waals surface area contributed by atoms with Crippen LogP contribution in [0.15, 0.2) is 78.9 Å². The number of hydrogen-bond donors (Lipinski definition) is 2. The number of para-hydroxylation sites is 1. The van der Waals surface area contributed by atoms with Crippen molar-refractivity contribution >= 4 is 28.9 Å². The highest BCUT2D eigenvalue weighted by molar-refractivity contribution is 7.80. The molecule has 3 aromatic carbocycles. The summed E-state index contributed by atoms with van der Waals surface area (Å²) in [6.07, 6.45) is 0.841. The van der Waals surface area contributed by atoms with Crippen LogP contribution in [0.4, 0.5) is 5.69 Å². The number of thiocarbonyl (C=S) groups is 1. The number of nitrogens with one attached hydrogen (secondary N) is 2. The number of hydrogen-bond acceptors (Lipinski definition) is 5. The van der Waals surface area contributed by atoms with Crippen LogP contribution in [0.25, 0.3) is 0 Å².